The summed E-state index contributed by atoms with van der Waals surface area (Å²) in [6.07, 6.45) is 2.58. The van der Waals surface area contributed by atoms with Gasteiger partial charge in [0.25, 0.3) is 5.91 Å². The maximum Gasteiger partial charge on any atom is 0.305 e. The zero-order valence-electron chi connectivity index (χ0n) is 10.7. The van der Waals surface area contributed by atoms with Gasteiger partial charge in [0.15, 0.2) is 0 Å². The molecule has 0 spiro atoms. The van der Waals surface area contributed by atoms with E-state index in [1.165, 1.54) is 7.11 Å². The van der Waals surface area contributed by atoms with Gasteiger partial charge in [0.2, 0.25) is 0 Å². The molecule has 5 heteroatoms. The van der Waals surface area contributed by atoms with Gasteiger partial charge in [-0.2, -0.15) is 0 Å². The average Bonchev–Trinajstić information content (AvgIpc) is 2.87. The van der Waals surface area contributed by atoms with Crippen molar-refractivity contribution in [3.8, 4) is 0 Å². The fourth-order valence-electron chi connectivity index (χ4n) is 1.89. The fourth-order valence-corrected chi connectivity index (χ4v) is 1.89. The van der Waals surface area contributed by atoms with E-state index < -0.39 is 0 Å². The van der Waals surface area contributed by atoms with E-state index in [1.54, 1.807) is 6.20 Å². The molecule has 5 nitrogen and oxygen atoms in total. The lowest BCUT2D eigenvalue weighted by Crippen LogP contribution is -2.24. The summed E-state index contributed by atoms with van der Waals surface area (Å²) in [5.41, 5.74) is 1.55. The molecule has 1 heterocycles. The van der Waals surface area contributed by atoms with E-state index in [1.807, 2.05) is 24.3 Å². The maximum atomic E-state index is 12.0. The monoisotopic (exact) mass is 260 g/mol. The third-order valence-corrected chi connectivity index (χ3v) is 2.90. The van der Waals surface area contributed by atoms with E-state index in [9.17, 15) is 9.59 Å². The van der Waals surface area contributed by atoms with Crippen LogP contribution in [-0.4, -0.2) is 30.5 Å². The summed E-state index contributed by atoms with van der Waals surface area (Å²) in [6.45, 7) is 0.452. The Balaban J connectivity index is 1.91. The molecule has 0 aliphatic heterocycles. The van der Waals surface area contributed by atoms with Crippen LogP contribution in [0.2, 0.25) is 0 Å². The number of rotatable bonds is 5. The number of hydrogen-bond donors (Lipinski definition) is 2. The summed E-state index contributed by atoms with van der Waals surface area (Å²) in [4.78, 5) is 26.0. The summed E-state index contributed by atoms with van der Waals surface area (Å²) >= 11 is 0. The highest BCUT2D eigenvalue weighted by Crippen LogP contribution is 2.17. The smallest absolute Gasteiger partial charge is 0.305 e. The minimum absolute atomic E-state index is 0.137. The van der Waals surface area contributed by atoms with Gasteiger partial charge < -0.3 is 15.0 Å². The van der Waals surface area contributed by atoms with Crippen molar-refractivity contribution < 1.29 is 14.3 Å². The molecule has 1 aromatic carbocycles. The third kappa shape index (κ3) is 3.13. The molecule has 100 valence electrons. The molecule has 0 atom stereocenters. The van der Waals surface area contributed by atoms with Crippen LogP contribution in [0.15, 0.2) is 30.5 Å². The van der Waals surface area contributed by atoms with Gasteiger partial charge in [0.1, 0.15) is 0 Å². The van der Waals surface area contributed by atoms with E-state index in [2.05, 4.69) is 15.0 Å². The largest absolute Gasteiger partial charge is 0.469 e. The number of esters is 1. The van der Waals surface area contributed by atoms with Crippen molar-refractivity contribution in [2.75, 3.05) is 13.7 Å². The van der Waals surface area contributed by atoms with Crippen LogP contribution in [0.3, 0.4) is 0 Å². The van der Waals surface area contributed by atoms with E-state index in [-0.39, 0.29) is 11.9 Å². The number of aromatic amines is 1. The summed E-state index contributed by atoms with van der Waals surface area (Å²) in [5.74, 6) is -0.399. The number of H-pyrrole nitrogens is 1. The Morgan fingerprint density at radius 2 is 2.11 bits per heavy atom. The first-order valence-electron chi connectivity index (χ1n) is 6.13. The number of hydrogen-bond acceptors (Lipinski definition) is 3. The third-order valence-electron chi connectivity index (χ3n) is 2.90. The molecule has 1 aromatic heterocycles. The number of carbonyl (C=O) groups excluding carboxylic acids is 2. The fraction of sp³-hybridized carbons (Fsp3) is 0.286. The van der Waals surface area contributed by atoms with Crippen molar-refractivity contribution in [3.05, 3.63) is 36.0 Å². The first-order chi connectivity index (χ1) is 9.22. The molecule has 0 aliphatic carbocycles. The number of carbonyl (C=O) groups is 2. The number of para-hydroxylation sites is 1. The second-order valence-corrected chi connectivity index (χ2v) is 4.18. The highest BCUT2D eigenvalue weighted by molar-refractivity contribution is 6.06. The van der Waals surface area contributed by atoms with Crippen molar-refractivity contribution in [3.63, 3.8) is 0 Å². The predicted molar refractivity (Wildman–Crippen MR) is 71.9 cm³/mol. The van der Waals surface area contributed by atoms with Gasteiger partial charge in [-0.1, -0.05) is 18.2 Å². The van der Waals surface area contributed by atoms with Crippen molar-refractivity contribution in [1.82, 2.24) is 10.3 Å². The number of methoxy groups -OCH3 is 1. The number of fused-ring (bicyclic) bond motifs is 1. The van der Waals surface area contributed by atoms with E-state index in [0.29, 0.717) is 24.9 Å². The highest BCUT2D eigenvalue weighted by Gasteiger charge is 2.10. The van der Waals surface area contributed by atoms with E-state index in [4.69, 9.17) is 0 Å². The summed E-state index contributed by atoms with van der Waals surface area (Å²) in [7, 11) is 1.35. The van der Waals surface area contributed by atoms with Gasteiger partial charge in [-0.25, -0.2) is 0 Å². The molecule has 0 saturated carbocycles. The summed E-state index contributed by atoms with van der Waals surface area (Å²) < 4.78 is 4.53. The molecule has 0 bridgehead atoms. The number of ether oxygens (including phenoxy) is 1. The normalized spacial score (nSPS) is 10.4. The molecule has 1 amide bonds. The Hall–Kier alpha value is -2.30. The zero-order chi connectivity index (χ0) is 13.7. The SMILES string of the molecule is COC(=O)CCCNC(=O)c1c[nH]c2ccccc12. The summed E-state index contributed by atoms with van der Waals surface area (Å²) in [6, 6.07) is 7.62. The van der Waals surface area contributed by atoms with Crippen molar-refractivity contribution in [2.24, 2.45) is 0 Å². The van der Waals surface area contributed by atoms with Crippen LogP contribution >= 0.6 is 0 Å². The molecule has 0 fully saturated rings. The second-order valence-electron chi connectivity index (χ2n) is 4.18. The lowest BCUT2D eigenvalue weighted by molar-refractivity contribution is -0.140. The minimum atomic E-state index is -0.263. The van der Waals surface area contributed by atoms with Crippen LogP contribution in [0.25, 0.3) is 10.9 Å². The van der Waals surface area contributed by atoms with Gasteiger partial charge in [-0.3, -0.25) is 9.59 Å². The maximum absolute atomic E-state index is 12.0. The van der Waals surface area contributed by atoms with Gasteiger partial charge in [-0.15, -0.1) is 0 Å². The standard InChI is InChI=1S/C14H16N2O3/c1-19-13(17)7-4-8-15-14(18)11-9-16-12-6-3-2-5-10(11)12/h2-3,5-6,9,16H,4,7-8H2,1H3,(H,15,18). The van der Waals surface area contributed by atoms with E-state index in [0.717, 1.165) is 10.9 Å². The number of nitrogens with one attached hydrogen (secondary N) is 2. The Labute approximate surface area is 110 Å². The first kappa shape index (κ1) is 13.1. The molecule has 0 saturated heterocycles. The Bertz CT molecular complexity index is 589. The molecular formula is C14H16N2O3. The predicted octanol–water partition coefficient (Wildman–Crippen LogP) is 1.85. The molecule has 2 N–H and O–H groups in total. The summed E-state index contributed by atoms with van der Waals surface area (Å²) in [5, 5.41) is 3.69. The molecule has 0 unspecified atom stereocenters. The zero-order valence-corrected chi connectivity index (χ0v) is 10.7. The van der Waals surface area contributed by atoms with Crippen LogP contribution in [0.5, 0.6) is 0 Å². The lowest BCUT2D eigenvalue weighted by atomic mass is 10.1. The van der Waals surface area contributed by atoms with Crippen LogP contribution in [0.4, 0.5) is 0 Å². The lowest BCUT2D eigenvalue weighted by Gasteiger charge is -2.03. The number of amides is 1. The van der Waals surface area contributed by atoms with Crippen LogP contribution in [0, 0.1) is 0 Å². The molecule has 2 rings (SSSR count). The van der Waals surface area contributed by atoms with Crippen LogP contribution in [-0.2, 0) is 9.53 Å². The van der Waals surface area contributed by atoms with Crippen molar-refractivity contribution in [2.45, 2.75) is 12.8 Å². The van der Waals surface area contributed by atoms with Gasteiger partial charge in [-0.05, 0) is 12.5 Å². The van der Waals surface area contributed by atoms with Crippen molar-refractivity contribution >= 4 is 22.8 Å². The Morgan fingerprint density at radius 1 is 1.32 bits per heavy atom. The van der Waals surface area contributed by atoms with Gasteiger partial charge >= 0.3 is 5.97 Å². The molecule has 2 aromatic rings. The van der Waals surface area contributed by atoms with Gasteiger partial charge in [0, 0.05) is 30.1 Å². The van der Waals surface area contributed by atoms with Crippen LogP contribution in [0.1, 0.15) is 23.2 Å². The average molecular weight is 260 g/mol. The molecule has 0 aliphatic rings. The molecule has 0 radical (unpaired) electrons. The van der Waals surface area contributed by atoms with Crippen LogP contribution < -0.4 is 5.32 Å². The highest BCUT2D eigenvalue weighted by atomic mass is 16.5. The molecular weight excluding hydrogens is 244 g/mol. The topological polar surface area (TPSA) is 71.2 Å². The first-order valence-corrected chi connectivity index (χ1v) is 6.13. The number of benzene rings is 1. The number of aromatic nitrogens is 1. The van der Waals surface area contributed by atoms with Crippen molar-refractivity contribution in [1.29, 1.82) is 0 Å². The van der Waals surface area contributed by atoms with E-state index >= 15 is 0 Å². The Morgan fingerprint density at radius 3 is 2.89 bits per heavy atom. The second kappa shape index (κ2) is 6.04. The quantitative estimate of drug-likeness (QED) is 0.636. The Kier molecular flexibility index (Phi) is 4.18. The minimum Gasteiger partial charge on any atom is -0.469 e. The molecule has 19 heavy (non-hydrogen) atoms. The van der Waals surface area contributed by atoms with Gasteiger partial charge in [0.05, 0.1) is 12.7 Å².